The van der Waals surface area contributed by atoms with Crippen molar-refractivity contribution in [1.29, 1.82) is 0 Å². The molecule has 1 atom stereocenters. The summed E-state index contributed by atoms with van der Waals surface area (Å²) in [6, 6.07) is 12.2. The van der Waals surface area contributed by atoms with Gasteiger partial charge < -0.3 is 9.88 Å². The topological polar surface area (TPSA) is 42.7 Å². The second-order valence-corrected chi connectivity index (χ2v) is 5.74. The maximum absolute atomic E-state index is 6.14. The molecule has 1 unspecified atom stereocenters. The SMILES string of the molecule is Clc1cccc(-c2nc3cccnc3n2C2CCNC2)c1. The van der Waals surface area contributed by atoms with Gasteiger partial charge in [-0.05, 0) is 37.2 Å². The number of imidazole rings is 1. The van der Waals surface area contributed by atoms with E-state index in [1.165, 1.54) is 0 Å². The molecule has 4 nitrogen and oxygen atoms in total. The van der Waals surface area contributed by atoms with Gasteiger partial charge in [0.05, 0.1) is 6.04 Å². The number of rotatable bonds is 2. The van der Waals surface area contributed by atoms with E-state index in [9.17, 15) is 0 Å². The van der Waals surface area contributed by atoms with Crippen molar-refractivity contribution in [3.8, 4) is 11.4 Å². The van der Waals surface area contributed by atoms with Gasteiger partial charge in [-0.2, -0.15) is 0 Å². The molecule has 21 heavy (non-hydrogen) atoms. The van der Waals surface area contributed by atoms with Crippen molar-refractivity contribution in [3.63, 3.8) is 0 Å². The fourth-order valence-corrected chi connectivity index (χ4v) is 3.16. The summed E-state index contributed by atoms with van der Waals surface area (Å²) < 4.78 is 2.25. The van der Waals surface area contributed by atoms with Crippen LogP contribution in [0.2, 0.25) is 5.02 Å². The minimum absolute atomic E-state index is 0.388. The Hall–Kier alpha value is -1.91. The van der Waals surface area contributed by atoms with E-state index in [4.69, 9.17) is 16.6 Å². The van der Waals surface area contributed by atoms with E-state index >= 15 is 0 Å². The molecule has 0 saturated carbocycles. The summed E-state index contributed by atoms with van der Waals surface area (Å²) in [7, 11) is 0. The Morgan fingerprint density at radius 3 is 3.00 bits per heavy atom. The number of nitrogens with one attached hydrogen (secondary N) is 1. The lowest BCUT2D eigenvalue weighted by Crippen LogP contribution is -2.14. The normalized spacial score (nSPS) is 18.4. The van der Waals surface area contributed by atoms with Gasteiger partial charge in [0.25, 0.3) is 0 Å². The van der Waals surface area contributed by atoms with E-state index in [0.717, 1.165) is 47.1 Å². The van der Waals surface area contributed by atoms with Crippen LogP contribution in [-0.4, -0.2) is 27.6 Å². The fraction of sp³-hybridized carbons (Fsp3) is 0.250. The molecule has 1 fully saturated rings. The van der Waals surface area contributed by atoms with Crippen molar-refractivity contribution in [2.45, 2.75) is 12.5 Å². The van der Waals surface area contributed by atoms with Crippen LogP contribution in [0.4, 0.5) is 0 Å². The van der Waals surface area contributed by atoms with E-state index in [1.54, 1.807) is 0 Å². The molecule has 0 bridgehead atoms. The first-order valence-corrected chi connectivity index (χ1v) is 7.50. The minimum Gasteiger partial charge on any atom is -0.315 e. The summed E-state index contributed by atoms with van der Waals surface area (Å²) in [6.45, 7) is 1.99. The van der Waals surface area contributed by atoms with Gasteiger partial charge in [0.15, 0.2) is 5.65 Å². The number of aromatic nitrogens is 3. The predicted octanol–water partition coefficient (Wildman–Crippen LogP) is 3.29. The lowest BCUT2D eigenvalue weighted by molar-refractivity contribution is 0.563. The van der Waals surface area contributed by atoms with Gasteiger partial charge in [-0.15, -0.1) is 0 Å². The highest BCUT2D eigenvalue weighted by molar-refractivity contribution is 6.30. The highest BCUT2D eigenvalue weighted by Crippen LogP contribution is 2.30. The van der Waals surface area contributed by atoms with Crippen molar-refractivity contribution in [2.75, 3.05) is 13.1 Å². The van der Waals surface area contributed by atoms with E-state index in [-0.39, 0.29) is 0 Å². The minimum atomic E-state index is 0.388. The standard InChI is InChI=1S/C16H15ClN4/c17-12-4-1-3-11(9-12)15-20-14-5-2-7-19-16(14)21(15)13-6-8-18-10-13/h1-5,7,9,13,18H,6,8,10H2. The summed E-state index contributed by atoms with van der Waals surface area (Å²) in [6.07, 6.45) is 2.92. The van der Waals surface area contributed by atoms with Gasteiger partial charge in [0.1, 0.15) is 11.3 Å². The molecule has 0 spiro atoms. The zero-order valence-corrected chi connectivity index (χ0v) is 12.2. The van der Waals surface area contributed by atoms with Crippen molar-refractivity contribution in [2.24, 2.45) is 0 Å². The third-order valence-electron chi connectivity index (χ3n) is 3.93. The molecule has 106 valence electrons. The molecule has 3 aromatic rings. The van der Waals surface area contributed by atoms with Gasteiger partial charge >= 0.3 is 0 Å². The zero-order chi connectivity index (χ0) is 14.2. The number of benzene rings is 1. The average Bonchev–Trinajstić information content (AvgIpc) is 3.14. The summed E-state index contributed by atoms with van der Waals surface area (Å²) >= 11 is 6.14. The number of fused-ring (bicyclic) bond motifs is 1. The predicted molar refractivity (Wildman–Crippen MR) is 84.5 cm³/mol. The molecular weight excluding hydrogens is 284 g/mol. The smallest absolute Gasteiger partial charge is 0.160 e. The van der Waals surface area contributed by atoms with Crippen LogP contribution in [-0.2, 0) is 0 Å². The highest BCUT2D eigenvalue weighted by Gasteiger charge is 2.23. The van der Waals surface area contributed by atoms with Gasteiger partial charge in [-0.25, -0.2) is 9.97 Å². The van der Waals surface area contributed by atoms with Crippen molar-refractivity contribution in [3.05, 3.63) is 47.6 Å². The van der Waals surface area contributed by atoms with Crippen LogP contribution in [0.15, 0.2) is 42.6 Å². The Morgan fingerprint density at radius 1 is 1.24 bits per heavy atom. The Morgan fingerprint density at radius 2 is 2.19 bits per heavy atom. The largest absolute Gasteiger partial charge is 0.315 e. The quantitative estimate of drug-likeness (QED) is 0.789. The van der Waals surface area contributed by atoms with Crippen molar-refractivity contribution < 1.29 is 0 Å². The monoisotopic (exact) mass is 298 g/mol. The first-order valence-electron chi connectivity index (χ1n) is 7.12. The maximum atomic E-state index is 6.14. The first-order chi connectivity index (χ1) is 10.3. The molecule has 0 radical (unpaired) electrons. The second-order valence-electron chi connectivity index (χ2n) is 5.31. The van der Waals surface area contributed by atoms with Crippen molar-refractivity contribution in [1.82, 2.24) is 19.9 Å². The summed E-state index contributed by atoms with van der Waals surface area (Å²) in [4.78, 5) is 9.32. The fourth-order valence-electron chi connectivity index (χ4n) is 2.97. The molecule has 1 aliphatic rings. The van der Waals surface area contributed by atoms with Crippen LogP contribution < -0.4 is 5.32 Å². The molecule has 5 heteroatoms. The van der Waals surface area contributed by atoms with Crippen LogP contribution in [0.3, 0.4) is 0 Å². The molecule has 1 saturated heterocycles. The first kappa shape index (κ1) is 12.8. The van der Waals surface area contributed by atoms with Gasteiger partial charge in [0, 0.05) is 23.3 Å². The Kier molecular flexibility index (Phi) is 3.13. The molecule has 0 aliphatic carbocycles. The molecule has 1 N–H and O–H groups in total. The maximum Gasteiger partial charge on any atom is 0.160 e. The molecular formula is C16H15ClN4. The van der Waals surface area contributed by atoms with Crippen LogP contribution in [0.5, 0.6) is 0 Å². The van der Waals surface area contributed by atoms with Crippen LogP contribution in [0.1, 0.15) is 12.5 Å². The van der Waals surface area contributed by atoms with Gasteiger partial charge in [-0.3, -0.25) is 0 Å². The van der Waals surface area contributed by atoms with Crippen molar-refractivity contribution >= 4 is 22.8 Å². The van der Waals surface area contributed by atoms with Gasteiger partial charge in [0.2, 0.25) is 0 Å². The van der Waals surface area contributed by atoms with E-state index < -0.39 is 0 Å². The third kappa shape index (κ3) is 2.20. The molecule has 3 heterocycles. The highest BCUT2D eigenvalue weighted by atomic mass is 35.5. The zero-order valence-electron chi connectivity index (χ0n) is 11.5. The number of nitrogens with zero attached hydrogens (tertiary/aromatic N) is 3. The van der Waals surface area contributed by atoms with E-state index in [1.807, 2.05) is 42.6 Å². The Balaban J connectivity index is 1.97. The molecule has 4 rings (SSSR count). The number of pyridine rings is 1. The summed E-state index contributed by atoms with van der Waals surface area (Å²) in [5.74, 6) is 0.944. The third-order valence-corrected chi connectivity index (χ3v) is 4.17. The molecule has 1 aliphatic heterocycles. The lowest BCUT2D eigenvalue weighted by Gasteiger charge is -2.15. The summed E-state index contributed by atoms with van der Waals surface area (Å²) in [5, 5.41) is 4.14. The van der Waals surface area contributed by atoms with Gasteiger partial charge in [-0.1, -0.05) is 23.7 Å². The van der Waals surface area contributed by atoms with E-state index in [0.29, 0.717) is 6.04 Å². The number of hydrogen-bond acceptors (Lipinski definition) is 3. The molecule has 1 aromatic carbocycles. The van der Waals surface area contributed by atoms with E-state index in [2.05, 4.69) is 14.9 Å². The number of hydrogen-bond donors (Lipinski definition) is 1. The lowest BCUT2D eigenvalue weighted by atomic mass is 10.2. The summed E-state index contributed by atoms with van der Waals surface area (Å²) in [5.41, 5.74) is 2.91. The Bertz CT molecular complexity index is 790. The second kappa shape index (κ2) is 5.13. The molecule has 2 aromatic heterocycles. The molecule has 0 amide bonds. The number of halogens is 1. The Labute approximate surface area is 127 Å². The van der Waals surface area contributed by atoms with Crippen LogP contribution >= 0.6 is 11.6 Å². The van der Waals surface area contributed by atoms with Crippen LogP contribution in [0, 0.1) is 0 Å². The average molecular weight is 299 g/mol. The van der Waals surface area contributed by atoms with Crippen LogP contribution in [0.25, 0.3) is 22.6 Å².